The molecule has 0 saturated carbocycles. The molecule has 3 aliphatic heterocycles. The molecule has 0 radical (unpaired) electrons. The first kappa shape index (κ1) is 11.9. The minimum absolute atomic E-state index is 0.525. The van der Waals surface area contributed by atoms with Crippen molar-refractivity contribution in [2.45, 2.75) is 32.6 Å². The van der Waals surface area contributed by atoms with Crippen molar-refractivity contribution in [3.8, 4) is 0 Å². The molecule has 1 unspecified atom stereocenters. The minimum Gasteiger partial charge on any atom is -0.381 e. The van der Waals surface area contributed by atoms with Crippen molar-refractivity contribution in [2.75, 3.05) is 45.9 Å². The molecule has 3 fully saturated rings. The SMILES string of the molecule is CC1(CN2CCC3(CCOCC3)C2)CCNC1. The van der Waals surface area contributed by atoms with Crippen LogP contribution in [0.15, 0.2) is 0 Å². The quantitative estimate of drug-likeness (QED) is 0.789. The Kier molecular flexibility index (Phi) is 3.18. The standard InChI is InChI=1S/C14H26N2O/c1-13(2-6-15-10-13)11-16-7-3-14(12-16)4-8-17-9-5-14/h15H,2-12H2,1H3. The lowest BCUT2D eigenvalue weighted by molar-refractivity contribution is 0.0177. The summed E-state index contributed by atoms with van der Waals surface area (Å²) >= 11 is 0. The Labute approximate surface area is 105 Å². The zero-order valence-corrected chi connectivity index (χ0v) is 11.1. The summed E-state index contributed by atoms with van der Waals surface area (Å²) in [6, 6.07) is 0. The van der Waals surface area contributed by atoms with Crippen LogP contribution < -0.4 is 5.32 Å². The molecule has 0 aromatic heterocycles. The number of likely N-dealkylation sites (tertiary alicyclic amines) is 1. The zero-order chi connectivity index (χ0) is 11.8. The van der Waals surface area contributed by atoms with Crippen LogP contribution in [0.2, 0.25) is 0 Å². The maximum Gasteiger partial charge on any atom is 0.0471 e. The lowest BCUT2D eigenvalue weighted by Crippen LogP contribution is -2.38. The van der Waals surface area contributed by atoms with Crippen LogP contribution in [-0.4, -0.2) is 50.8 Å². The Bertz CT molecular complexity index is 267. The van der Waals surface area contributed by atoms with E-state index in [1.165, 1.54) is 58.4 Å². The zero-order valence-electron chi connectivity index (χ0n) is 11.1. The third-order valence-corrected chi connectivity index (χ3v) is 5.13. The second-order valence-electron chi connectivity index (χ2n) is 6.81. The van der Waals surface area contributed by atoms with Crippen LogP contribution in [0.4, 0.5) is 0 Å². The second-order valence-corrected chi connectivity index (χ2v) is 6.81. The van der Waals surface area contributed by atoms with Crippen LogP contribution in [0.1, 0.15) is 32.6 Å². The molecule has 3 rings (SSSR count). The molecule has 0 amide bonds. The predicted octanol–water partition coefficient (Wildman–Crippen LogP) is 1.49. The van der Waals surface area contributed by atoms with Crippen molar-refractivity contribution in [1.29, 1.82) is 0 Å². The smallest absolute Gasteiger partial charge is 0.0471 e. The number of hydrogen-bond acceptors (Lipinski definition) is 3. The van der Waals surface area contributed by atoms with E-state index < -0.39 is 0 Å². The number of ether oxygens (including phenoxy) is 1. The summed E-state index contributed by atoms with van der Waals surface area (Å²) in [5, 5.41) is 3.51. The van der Waals surface area contributed by atoms with Gasteiger partial charge in [-0.3, -0.25) is 0 Å². The highest BCUT2D eigenvalue weighted by molar-refractivity contribution is 4.95. The summed E-state index contributed by atoms with van der Waals surface area (Å²) in [7, 11) is 0. The van der Waals surface area contributed by atoms with Crippen molar-refractivity contribution in [2.24, 2.45) is 10.8 Å². The molecule has 3 heterocycles. The van der Waals surface area contributed by atoms with Gasteiger partial charge in [-0.1, -0.05) is 6.92 Å². The average Bonchev–Trinajstić information content (AvgIpc) is 2.89. The molecule has 98 valence electrons. The fourth-order valence-electron chi connectivity index (χ4n) is 3.92. The van der Waals surface area contributed by atoms with Gasteiger partial charge >= 0.3 is 0 Å². The van der Waals surface area contributed by atoms with E-state index in [2.05, 4.69) is 17.1 Å². The van der Waals surface area contributed by atoms with Crippen molar-refractivity contribution >= 4 is 0 Å². The molecule has 1 atom stereocenters. The van der Waals surface area contributed by atoms with Crippen molar-refractivity contribution in [1.82, 2.24) is 10.2 Å². The van der Waals surface area contributed by atoms with Gasteiger partial charge < -0.3 is 15.0 Å². The summed E-state index contributed by atoms with van der Waals surface area (Å²) in [5.74, 6) is 0. The average molecular weight is 238 g/mol. The molecule has 3 nitrogen and oxygen atoms in total. The van der Waals surface area contributed by atoms with Gasteiger partial charge in [0.05, 0.1) is 0 Å². The van der Waals surface area contributed by atoms with Gasteiger partial charge in [-0.25, -0.2) is 0 Å². The summed E-state index contributed by atoms with van der Waals surface area (Å²) < 4.78 is 5.52. The Balaban J connectivity index is 1.56. The third kappa shape index (κ3) is 2.51. The van der Waals surface area contributed by atoms with E-state index in [0.717, 1.165) is 13.2 Å². The van der Waals surface area contributed by atoms with Crippen molar-refractivity contribution in [3.63, 3.8) is 0 Å². The number of hydrogen-bond donors (Lipinski definition) is 1. The van der Waals surface area contributed by atoms with E-state index in [1.807, 2.05) is 0 Å². The fourth-order valence-corrected chi connectivity index (χ4v) is 3.92. The fraction of sp³-hybridized carbons (Fsp3) is 1.00. The summed E-state index contributed by atoms with van der Waals surface area (Å²) in [5.41, 5.74) is 1.14. The van der Waals surface area contributed by atoms with Crippen LogP contribution >= 0.6 is 0 Å². The Morgan fingerprint density at radius 3 is 2.71 bits per heavy atom. The first-order valence-electron chi connectivity index (χ1n) is 7.21. The van der Waals surface area contributed by atoms with Gasteiger partial charge in [0.2, 0.25) is 0 Å². The van der Waals surface area contributed by atoms with Gasteiger partial charge in [0.1, 0.15) is 0 Å². The van der Waals surface area contributed by atoms with Crippen LogP contribution in [0, 0.1) is 10.8 Å². The summed E-state index contributed by atoms with van der Waals surface area (Å²) in [4.78, 5) is 2.72. The van der Waals surface area contributed by atoms with Gasteiger partial charge in [0.25, 0.3) is 0 Å². The van der Waals surface area contributed by atoms with Crippen LogP contribution in [-0.2, 0) is 4.74 Å². The van der Waals surface area contributed by atoms with E-state index in [0.29, 0.717) is 10.8 Å². The first-order valence-corrected chi connectivity index (χ1v) is 7.21. The third-order valence-electron chi connectivity index (χ3n) is 5.13. The molecule has 0 aromatic carbocycles. The molecule has 3 saturated heterocycles. The van der Waals surface area contributed by atoms with Gasteiger partial charge in [-0.05, 0) is 49.6 Å². The van der Waals surface area contributed by atoms with E-state index in [9.17, 15) is 0 Å². The van der Waals surface area contributed by atoms with Crippen LogP contribution in [0.5, 0.6) is 0 Å². The Morgan fingerprint density at radius 1 is 1.18 bits per heavy atom. The monoisotopic (exact) mass is 238 g/mol. The van der Waals surface area contributed by atoms with Crippen molar-refractivity contribution < 1.29 is 4.74 Å². The largest absolute Gasteiger partial charge is 0.381 e. The van der Waals surface area contributed by atoms with Gasteiger partial charge in [-0.2, -0.15) is 0 Å². The first-order chi connectivity index (χ1) is 8.20. The summed E-state index contributed by atoms with van der Waals surface area (Å²) in [6.07, 6.45) is 5.33. The topological polar surface area (TPSA) is 24.5 Å². The van der Waals surface area contributed by atoms with Crippen LogP contribution in [0.25, 0.3) is 0 Å². The van der Waals surface area contributed by atoms with Crippen molar-refractivity contribution in [3.05, 3.63) is 0 Å². The molecular formula is C14H26N2O. The number of nitrogens with zero attached hydrogens (tertiary/aromatic N) is 1. The minimum atomic E-state index is 0.525. The van der Waals surface area contributed by atoms with Gasteiger partial charge in [0, 0.05) is 32.8 Å². The van der Waals surface area contributed by atoms with Gasteiger partial charge in [0.15, 0.2) is 0 Å². The number of nitrogens with one attached hydrogen (secondary N) is 1. The predicted molar refractivity (Wildman–Crippen MR) is 69.1 cm³/mol. The number of rotatable bonds is 2. The Morgan fingerprint density at radius 2 is 2.00 bits per heavy atom. The van der Waals surface area contributed by atoms with Crippen LogP contribution in [0.3, 0.4) is 0 Å². The lowest BCUT2D eigenvalue weighted by Gasteiger charge is -2.35. The molecule has 17 heavy (non-hydrogen) atoms. The maximum absolute atomic E-state index is 5.52. The van der Waals surface area contributed by atoms with E-state index in [1.54, 1.807) is 0 Å². The van der Waals surface area contributed by atoms with Gasteiger partial charge in [-0.15, -0.1) is 0 Å². The molecule has 3 heteroatoms. The summed E-state index contributed by atoms with van der Waals surface area (Å²) in [6.45, 7) is 10.8. The highest BCUT2D eigenvalue weighted by Crippen LogP contribution is 2.41. The molecule has 0 bridgehead atoms. The highest BCUT2D eigenvalue weighted by atomic mass is 16.5. The molecule has 1 N–H and O–H groups in total. The molecule has 1 spiro atoms. The molecule has 0 aromatic rings. The van der Waals surface area contributed by atoms with E-state index in [4.69, 9.17) is 4.74 Å². The Hall–Kier alpha value is -0.120. The lowest BCUT2D eigenvalue weighted by atomic mass is 9.79. The normalized spacial score (nSPS) is 37.9. The van der Waals surface area contributed by atoms with E-state index in [-0.39, 0.29) is 0 Å². The molecular weight excluding hydrogens is 212 g/mol. The van der Waals surface area contributed by atoms with E-state index >= 15 is 0 Å². The maximum atomic E-state index is 5.52. The molecule has 0 aliphatic carbocycles. The second kappa shape index (κ2) is 4.52. The molecule has 3 aliphatic rings. The highest BCUT2D eigenvalue weighted by Gasteiger charge is 2.41.